The molecule has 27 heavy (non-hydrogen) atoms. The maximum atomic E-state index is 12.2. The Kier molecular flexibility index (Phi) is 3.94. The van der Waals surface area contributed by atoms with E-state index in [1.54, 1.807) is 12.5 Å². The van der Waals surface area contributed by atoms with Gasteiger partial charge in [0.15, 0.2) is 0 Å². The number of para-hydroxylation sites is 2. The number of hydrogen-bond donors (Lipinski definition) is 1. The molecule has 1 aliphatic heterocycles. The zero-order valence-corrected chi connectivity index (χ0v) is 15.0. The molecule has 138 valence electrons. The van der Waals surface area contributed by atoms with Crippen LogP contribution in [0.4, 0.5) is 5.82 Å². The first kappa shape index (κ1) is 16.1. The number of aromatic amines is 1. The summed E-state index contributed by atoms with van der Waals surface area (Å²) in [5.74, 6) is 0.994. The molecule has 3 aromatic heterocycles. The molecule has 7 nitrogen and oxygen atoms in total. The van der Waals surface area contributed by atoms with Crippen molar-refractivity contribution in [2.24, 2.45) is 0 Å². The van der Waals surface area contributed by atoms with Gasteiger partial charge in [0, 0.05) is 45.5 Å². The standard InChI is InChI=1S/C20H21N5O2/c26-20-22-16-3-1-2-4-17(16)25(20)13-10-23-8-11-24(12-9-23)19-15-6-14-27-18(15)5-7-21-19/h1-7,14H,8-13H2,(H,22,26). The molecule has 7 heteroatoms. The predicted molar refractivity (Wildman–Crippen MR) is 105 cm³/mol. The van der Waals surface area contributed by atoms with Crippen LogP contribution in [0.15, 0.2) is 58.1 Å². The van der Waals surface area contributed by atoms with Crippen molar-refractivity contribution in [3.05, 3.63) is 59.3 Å². The van der Waals surface area contributed by atoms with Crippen molar-refractivity contribution in [1.29, 1.82) is 0 Å². The molecule has 0 aliphatic carbocycles. The van der Waals surface area contributed by atoms with E-state index in [1.165, 1.54) is 0 Å². The normalized spacial score (nSPS) is 15.8. The van der Waals surface area contributed by atoms with Crippen LogP contribution in [0.25, 0.3) is 22.0 Å². The van der Waals surface area contributed by atoms with Crippen molar-refractivity contribution < 1.29 is 4.42 Å². The fourth-order valence-electron chi connectivity index (χ4n) is 3.89. The topological polar surface area (TPSA) is 70.3 Å². The summed E-state index contributed by atoms with van der Waals surface area (Å²) in [6.45, 7) is 5.29. The summed E-state index contributed by atoms with van der Waals surface area (Å²) in [7, 11) is 0. The maximum absolute atomic E-state index is 12.2. The number of rotatable bonds is 4. The highest BCUT2D eigenvalue weighted by atomic mass is 16.3. The Labute approximate surface area is 155 Å². The van der Waals surface area contributed by atoms with Gasteiger partial charge in [-0.15, -0.1) is 0 Å². The Morgan fingerprint density at radius 1 is 1.04 bits per heavy atom. The van der Waals surface area contributed by atoms with Gasteiger partial charge < -0.3 is 14.3 Å². The van der Waals surface area contributed by atoms with Crippen LogP contribution in [-0.2, 0) is 6.54 Å². The maximum Gasteiger partial charge on any atom is 0.326 e. The number of H-pyrrole nitrogens is 1. The highest BCUT2D eigenvalue weighted by Crippen LogP contribution is 2.25. The van der Waals surface area contributed by atoms with Crippen LogP contribution in [-0.4, -0.2) is 52.2 Å². The number of benzene rings is 1. The number of pyridine rings is 1. The fourth-order valence-corrected chi connectivity index (χ4v) is 3.89. The lowest BCUT2D eigenvalue weighted by molar-refractivity contribution is 0.248. The Hall–Kier alpha value is -3.06. The second-order valence-electron chi connectivity index (χ2n) is 6.89. The quantitative estimate of drug-likeness (QED) is 0.602. The molecule has 0 amide bonds. The van der Waals surface area contributed by atoms with Gasteiger partial charge in [0.2, 0.25) is 0 Å². The Bertz CT molecular complexity index is 1130. The van der Waals surface area contributed by atoms with E-state index >= 15 is 0 Å². The van der Waals surface area contributed by atoms with Crippen LogP contribution in [0.1, 0.15) is 0 Å². The monoisotopic (exact) mass is 363 g/mol. The third kappa shape index (κ3) is 2.90. The van der Waals surface area contributed by atoms with Gasteiger partial charge in [-0.1, -0.05) is 12.1 Å². The second-order valence-corrected chi connectivity index (χ2v) is 6.89. The van der Waals surface area contributed by atoms with E-state index in [0.717, 1.165) is 60.5 Å². The largest absolute Gasteiger partial charge is 0.464 e. The van der Waals surface area contributed by atoms with Crippen molar-refractivity contribution in [2.75, 3.05) is 37.6 Å². The van der Waals surface area contributed by atoms with E-state index in [2.05, 4.69) is 19.8 Å². The number of hydrogen-bond acceptors (Lipinski definition) is 5. The van der Waals surface area contributed by atoms with Crippen molar-refractivity contribution in [3.8, 4) is 0 Å². The minimum absolute atomic E-state index is 0.0364. The third-order valence-electron chi connectivity index (χ3n) is 5.35. The van der Waals surface area contributed by atoms with Crippen LogP contribution >= 0.6 is 0 Å². The molecule has 0 bridgehead atoms. The minimum Gasteiger partial charge on any atom is -0.464 e. The van der Waals surface area contributed by atoms with Gasteiger partial charge in [-0.2, -0.15) is 0 Å². The van der Waals surface area contributed by atoms with Gasteiger partial charge in [0.25, 0.3) is 0 Å². The number of aromatic nitrogens is 3. The Morgan fingerprint density at radius 3 is 2.78 bits per heavy atom. The van der Waals surface area contributed by atoms with E-state index in [4.69, 9.17) is 4.42 Å². The number of anilines is 1. The van der Waals surface area contributed by atoms with Crippen LogP contribution in [0.2, 0.25) is 0 Å². The highest BCUT2D eigenvalue weighted by molar-refractivity contribution is 5.88. The molecule has 0 spiro atoms. The molecule has 0 radical (unpaired) electrons. The van der Waals surface area contributed by atoms with Crippen LogP contribution in [0.5, 0.6) is 0 Å². The van der Waals surface area contributed by atoms with Crippen LogP contribution in [0, 0.1) is 0 Å². The molecule has 1 aliphatic rings. The summed E-state index contributed by atoms with van der Waals surface area (Å²) in [6.07, 6.45) is 3.52. The van der Waals surface area contributed by atoms with Gasteiger partial charge in [-0.25, -0.2) is 9.78 Å². The molecule has 4 heterocycles. The Morgan fingerprint density at radius 2 is 1.89 bits per heavy atom. The third-order valence-corrected chi connectivity index (χ3v) is 5.35. The average Bonchev–Trinajstić information content (AvgIpc) is 3.30. The highest BCUT2D eigenvalue weighted by Gasteiger charge is 2.20. The molecule has 1 aromatic carbocycles. The number of piperazine rings is 1. The molecule has 5 rings (SSSR count). The van der Waals surface area contributed by atoms with Crippen molar-refractivity contribution >= 4 is 27.8 Å². The number of nitrogens with zero attached hydrogens (tertiary/aromatic N) is 4. The summed E-state index contributed by atoms with van der Waals surface area (Å²) in [5, 5.41) is 1.07. The first-order valence-corrected chi connectivity index (χ1v) is 9.27. The molecule has 1 saturated heterocycles. The lowest BCUT2D eigenvalue weighted by Gasteiger charge is -2.35. The molecule has 0 saturated carbocycles. The Balaban J connectivity index is 1.25. The van der Waals surface area contributed by atoms with Gasteiger partial charge in [-0.3, -0.25) is 9.47 Å². The summed E-state index contributed by atoms with van der Waals surface area (Å²) in [6, 6.07) is 11.7. The summed E-state index contributed by atoms with van der Waals surface area (Å²) in [5.41, 5.74) is 2.70. The smallest absolute Gasteiger partial charge is 0.326 e. The zero-order chi connectivity index (χ0) is 18.2. The number of nitrogens with one attached hydrogen (secondary N) is 1. The van der Waals surface area contributed by atoms with Gasteiger partial charge >= 0.3 is 5.69 Å². The number of furan rings is 1. The van der Waals surface area contributed by atoms with Gasteiger partial charge in [0.1, 0.15) is 11.4 Å². The molecule has 1 N–H and O–H groups in total. The first-order chi connectivity index (χ1) is 13.3. The summed E-state index contributed by atoms with van der Waals surface area (Å²) < 4.78 is 7.31. The van der Waals surface area contributed by atoms with Crippen molar-refractivity contribution in [3.63, 3.8) is 0 Å². The lowest BCUT2D eigenvalue weighted by Crippen LogP contribution is -2.47. The fraction of sp³-hybridized carbons (Fsp3) is 0.300. The van der Waals surface area contributed by atoms with E-state index in [9.17, 15) is 4.79 Å². The predicted octanol–water partition coefficient (Wildman–Crippen LogP) is 2.29. The van der Waals surface area contributed by atoms with Crippen molar-refractivity contribution in [1.82, 2.24) is 19.4 Å². The van der Waals surface area contributed by atoms with E-state index in [1.807, 2.05) is 41.0 Å². The second kappa shape index (κ2) is 6.59. The average molecular weight is 363 g/mol. The van der Waals surface area contributed by atoms with E-state index in [-0.39, 0.29) is 5.69 Å². The first-order valence-electron chi connectivity index (χ1n) is 9.27. The zero-order valence-electron chi connectivity index (χ0n) is 15.0. The summed E-state index contributed by atoms with van der Waals surface area (Å²) >= 11 is 0. The van der Waals surface area contributed by atoms with Gasteiger partial charge in [-0.05, 0) is 24.3 Å². The molecule has 0 atom stereocenters. The van der Waals surface area contributed by atoms with E-state index < -0.39 is 0 Å². The van der Waals surface area contributed by atoms with Crippen LogP contribution < -0.4 is 10.6 Å². The number of fused-ring (bicyclic) bond motifs is 2. The molecule has 1 fully saturated rings. The lowest BCUT2D eigenvalue weighted by atomic mass is 10.2. The van der Waals surface area contributed by atoms with Crippen molar-refractivity contribution in [2.45, 2.75) is 6.54 Å². The molecule has 4 aromatic rings. The summed E-state index contributed by atoms with van der Waals surface area (Å²) in [4.78, 5) is 24.4. The molecule has 0 unspecified atom stereocenters. The number of imidazole rings is 1. The van der Waals surface area contributed by atoms with E-state index in [0.29, 0.717) is 6.54 Å². The van der Waals surface area contributed by atoms with Gasteiger partial charge in [0.05, 0.1) is 22.7 Å². The SMILES string of the molecule is O=c1[nH]c2ccccc2n1CCN1CCN(c2nccc3occc23)CC1. The molecular formula is C20H21N5O2. The molecular weight excluding hydrogens is 342 g/mol. The van der Waals surface area contributed by atoms with Crippen LogP contribution in [0.3, 0.4) is 0 Å². The minimum atomic E-state index is -0.0364.